The fourth-order valence-corrected chi connectivity index (χ4v) is 1.38. The second-order valence-electron chi connectivity index (χ2n) is 3.32. The van der Waals surface area contributed by atoms with Gasteiger partial charge in [0.1, 0.15) is 18.8 Å². The van der Waals surface area contributed by atoms with Crippen LogP contribution >= 0.6 is 0 Å². The molecular weight excluding hydrogens is 204 g/mol. The average Bonchev–Trinajstić information content (AvgIpc) is 2.41. The van der Waals surface area contributed by atoms with Crippen LogP contribution in [0, 0.1) is 0 Å². The minimum absolute atomic E-state index is 0.0235. The van der Waals surface area contributed by atoms with Gasteiger partial charge in [-0.1, -0.05) is 0 Å². The molecule has 0 saturated carbocycles. The van der Waals surface area contributed by atoms with Gasteiger partial charge in [-0.15, -0.1) is 0 Å². The molecule has 1 aliphatic heterocycles. The minimum Gasteiger partial charge on any atom is -0.463 e. The lowest BCUT2D eigenvalue weighted by Crippen LogP contribution is -2.31. The molecule has 3 atom stereocenters. The van der Waals surface area contributed by atoms with Gasteiger partial charge < -0.3 is 19.3 Å². The van der Waals surface area contributed by atoms with E-state index in [1.165, 1.54) is 13.8 Å². The normalized spacial score (nSPS) is 29.9. The van der Waals surface area contributed by atoms with Crippen molar-refractivity contribution < 1.29 is 28.9 Å². The van der Waals surface area contributed by atoms with Crippen LogP contribution < -0.4 is 0 Å². The highest BCUT2D eigenvalue weighted by molar-refractivity contribution is 5.66. The highest BCUT2D eigenvalue weighted by Crippen LogP contribution is 2.22. The highest BCUT2D eigenvalue weighted by atomic mass is 16.7. The molecule has 1 aliphatic rings. The summed E-state index contributed by atoms with van der Waals surface area (Å²) in [6, 6.07) is 0. The summed E-state index contributed by atoms with van der Waals surface area (Å²) < 4.78 is 14.7. The Morgan fingerprint density at radius 1 is 1.40 bits per heavy atom. The molecule has 1 fully saturated rings. The summed E-state index contributed by atoms with van der Waals surface area (Å²) in [5.74, 6) is -0.896. The maximum Gasteiger partial charge on any atom is 0.303 e. The van der Waals surface area contributed by atoms with Crippen molar-refractivity contribution in [1.82, 2.24) is 0 Å². The molecular formula is C9H14O6. The van der Waals surface area contributed by atoms with Crippen LogP contribution in [0.4, 0.5) is 0 Å². The van der Waals surface area contributed by atoms with Gasteiger partial charge in [-0.25, -0.2) is 0 Å². The number of rotatable bonds is 3. The monoisotopic (exact) mass is 218 g/mol. The van der Waals surface area contributed by atoms with Crippen molar-refractivity contribution in [3.63, 3.8) is 0 Å². The van der Waals surface area contributed by atoms with E-state index in [-0.39, 0.29) is 13.0 Å². The van der Waals surface area contributed by atoms with Crippen molar-refractivity contribution in [1.29, 1.82) is 0 Å². The van der Waals surface area contributed by atoms with Gasteiger partial charge in [-0.05, 0) is 0 Å². The topological polar surface area (TPSA) is 82.1 Å². The molecule has 1 rings (SSSR count). The number of aliphatic hydroxyl groups is 1. The predicted octanol–water partition coefficient (Wildman–Crippen LogP) is -0.412. The summed E-state index contributed by atoms with van der Waals surface area (Å²) in [5, 5.41) is 9.19. The molecule has 0 aliphatic carbocycles. The van der Waals surface area contributed by atoms with E-state index in [4.69, 9.17) is 14.2 Å². The number of aliphatic hydroxyl groups excluding tert-OH is 1. The van der Waals surface area contributed by atoms with Gasteiger partial charge in [0.15, 0.2) is 6.29 Å². The zero-order chi connectivity index (χ0) is 11.4. The average molecular weight is 218 g/mol. The van der Waals surface area contributed by atoms with Crippen LogP contribution in [0.1, 0.15) is 20.3 Å². The van der Waals surface area contributed by atoms with Crippen LogP contribution in [0.15, 0.2) is 0 Å². The number of carbonyl (C=O) groups excluding carboxylic acids is 2. The first-order chi connectivity index (χ1) is 6.99. The van der Waals surface area contributed by atoms with Crippen LogP contribution in [-0.2, 0) is 23.8 Å². The molecule has 6 heteroatoms. The Labute approximate surface area is 87.1 Å². The molecule has 15 heavy (non-hydrogen) atoms. The molecule has 1 heterocycles. The molecule has 0 aromatic rings. The van der Waals surface area contributed by atoms with E-state index in [9.17, 15) is 14.7 Å². The van der Waals surface area contributed by atoms with Crippen LogP contribution in [0.2, 0.25) is 0 Å². The molecule has 0 aromatic heterocycles. The molecule has 0 radical (unpaired) electrons. The molecule has 6 nitrogen and oxygen atoms in total. The summed E-state index contributed by atoms with van der Waals surface area (Å²) in [5.41, 5.74) is 0. The summed E-state index contributed by atoms with van der Waals surface area (Å²) in [4.78, 5) is 21.3. The van der Waals surface area contributed by atoms with E-state index in [1.54, 1.807) is 0 Å². The second-order valence-corrected chi connectivity index (χ2v) is 3.32. The Balaban J connectivity index is 2.45. The van der Waals surface area contributed by atoms with E-state index >= 15 is 0 Å². The van der Waals surface area contributed by atoms with E-state index in [1.807, 2.05) is 0 Å². The molecule has 0 spiro atoms. The molecule has 0 aromatic carbocycles. The number of carbonyl (C=O) groups is 2. The number of hydrogen-bond acceptors (Lipinski definition) is 6. The summed E-state index contributed by atoms with van der Waals surface area (Å²) >= 11 is 0. The molecule has 1 unspecified atom stereocenters. The minimum atomic E-state index is -0.977. The number of esters is 2. The number of hydrogen-bond donors (Lipinski definition) is 1. The van der Waals surface area contributed by atoms with Crippen LogP contribution in [0.5, 0.6) is 0 Å². The Bertz CT molecular complexity index is 251. The summed E-state index contributed by atoms with van der Waals surface area (Å²) in [6.07, 6.45) is -1.93. The fraction of sp³-hybridized carbons (Fsp3) is 0.778. The van der Waals surface area contributed by atoms with Gasteiger partial charge in [0, 0.05) is 20.3 Å². The third-order valence-corrected chi connectivity index (χ3v) is 1.95. The zero-order valence-corrected chi connectivity index (χ0v) is 8.63. The number of ether oxygens (including phenoxy) is 3. The van der Waals surface area contributed by atoms with Gasteiger partial charge >= 0.3 is 11.9 Å². The third-order valence-electron chi connectivity index (χ3n) is 1.95. The van der Waals surface area contributed by atoms with E-state index in [0.29, 0.717) is 0 Å². The van der Waals surface area contributed by atoms with Crippen LogP contribution in [0.25, 0.3) is 0 Å². The van der Waals surface area contributed by atoms with Gasteiger partial charge in [-0.2, -0.15) is 0 Å². The first kappa shape index (κ1) is 11.9. The van der Waals surface area contributed by atoms with E-state index in [0.717, 1.165) is 0 Å². The quantitative estimate of drug-likeness (QED) is 0.648. The second kappa shape index (κ2) is 5.09. The van der Waals surface area contributed by atoms with Crippen molar-refractivity contribution in [2.75, 3.05) is 6.61 Å². The lowest BCUT2D eigenvalue weighted by molar-refractivity contribution is -0.159. The molecule has 1 N–H and O–H groups in total. The highest BCUT2D eigenvalue weighted by Gasteiger charge is 2.37. The van der Waals surface area contributed by atoms with Crippen LogP contribution in [0.3, 0.4) is 0 Å². The van der Waals surface area contributed by atoms with E-state index < -0.39 is 30.4 Å². The largest absolute Gasteiger partial charge is 0.463 e. The SMILES string of the molecule is CC(=O)OC[C@H]1O[C@@H](O)CC1OC(C)=O. The van der Waals surface area contributed by atoms with E-state index in [2.05, 4.69) is 0 Å². The fourth-order valence-electron chi connectivity index (χ4n) is 1.38. The Hall–Kier alpha value is -1.14. The van der Waals surface area contributed by atoms with Gasteiger partial charge in [-0.3, -0.25) is 9.59 Å². The Morgan fingerprint density at radius 3 is 2.60 bits per heavy atom. The standard InChI is InChI=1S/C9H14O6/c1-5(10)13-4-8-7(14-6(2)11)3-9(12)15-8/h7-9,12H,3-4H2,1-2H3/t7?,8-,9-/m1/s1. The lowest BCUT2D eigenvalue weighted by Gasteiger charge is -2.17. The lowest BCUT2D eigenvalue weighted by atomic mass is 10.2. The predicted molar refractivity (Wildman–Crippen MR) is 47.7 cm³/mol. The van der Waals surface area contributed by atoms with Crippen molar-refractivity contribution in [3.8, 4) is 0 Å². The van der Waals surface area contributed by atoms with Crippen LogP contribution in [-0.4, -0.2) is 42.1 Å². The summed E-state index contributed by atoms with van der Waals surface area (Å²) in [7, 11) is 0. The molecule has 0 bridgehead atoms. The first-order valence-corrected chi connectivity index (χ1v) is 4.63. The van der Waals surface area contributed by atoms with Gasteiger partial charge in [0.05, 0.1) is 0 Å². The Kier molecular flexibility index (Phi) is 4.05. The molecule has 0 amide bonds. The summed E-state index contributed by atoms with van der Waals surface area (Å²) in [6.45, 7) is 2.52. The smallest absolute Gasteiger partial charge is 0.303 e. The van der Waals surface area contributed by atoms with Crippen molar-refractivity contribution in [3.05, 3.63) is 0 Å². The van der Waals surface area contributed by atoms with Crippen molar-refractivity contribution >= 4 is 11.9 Å². The first-order valence-electron chi connectivity index (χ1n) is 4.63. The van der Waals surface area contributed by atoms with Crippen molar-refractivity contribution in [2.24, 2.45) is 0 Å². The van der Waals surface area contributed by atoms with Crippen molar-refractivity contribution in [2.45, 2.75) is 38.8 Å². The molecule has 1 saturated heterocycles. The third kappa shape index (κ3) is 3.85. The Morgan fingerprint density at radius 2 is 2.07 bits per heavy atom. The maximum atomic E-state index is 10.7. The zero-order valence-electron chi connectivity index (χ0n) is 8.63. The van der Waals surface area contributed by atoms with Gasteiger partial charge in [0.2, 0.25) is 0 Å². The maximum absolute atomic E-state index is 10.7. The van der Waals surface area contributed by atoms with Gasteiger partial charge in [0.25, 0.3) is 0 Å². The molecule has 86 valence electrons.